The third kappa shape index (κ3) is 1.93. The van der Waals surface area contributed by atoms with Crippen molar-refractivity contribution < 1.29 is 14.3 Å². The fraction of sp³-hybridized carbons (Fsp3) is 0. The highest BCUT2D eigenvalue weighted by molar-refractivity contribution is 5.92. The predicted octanol–water partition coefficient (Wildman–Crippen LogP) is 2.26. The van der Waals surface area contributed by atoms with Gasteiger partial charge in [0.1, 0.15) is 11.3 Å². The molecule has 0 radical (unpaired) electrons. The molecule has 0 aliphatic heterocycles. The molecule has 3 rings (SSSR count). The van der Waals surface area contributed by atoms with E-state index in [-0.39, 0.29) is 5.56 Å². The molecule has 1 aromatic heterocycles. The average Bonchev–Trinajstić information content (AvgIpc) is 2.81. The van der Waals surface area contributed by atoms with E-state index in [2.05, 4.69) is 10.3 Å². The molecule has 0 unspecified atom stereocenters. The Hall–Kier alpha value is -2.76. The summed E-state index contributed by atoms with van der Waals surface area (Å²) in [5.41, 5.74) is 1.69. The number of rotatable bonds is 2. The number of benzene rings is 2. The molecule has 1 heterocycles. The third-order valence-electron chi connectivity index (χ3n) is 2.75. The van der Waals surface area contributed by atoms with Crippen LogP contribution in [0.5, 0.6) is 0 Å². The van der Waals surface area contributed by atoms with Crippen LogP contribution >= 0.6 is 0 Å². The number of hydrogen-bond donors (Lipinski definition) is 1. The molecule has 6 heteroatoms. The first-order chi connectivity index (χ1) is 9.15. The van der Waals surface area contributed by atoms with Gasteiger partial charge in [-0.05, 0) is 36.4 Å². The van der Waals surface area contributed by atoms with Crippen molar-refractivity contribution in [3.05, 3.63) is 53.8 Å². The zero-order valence-corrected chi connectivity index (χ0v) is 9.62. The number of carboxylic acid groups (broad SMARTS) is 1. The Morgan fingerprint density at radius 3 is 2.79 bits per heavy atom. The molecule has 2 aromatic carbocycles. The molecule has 0 aliphatic carbocycles. The molecule has 0 saturated heterocycles. The quantitative estimate of drug-likeness (QED) is 0.764. The minimum atomic E-state index is -1.03. The molecule has 0 atom stereocenters. The Labute approximate surface area is 106 Å². The van der Waals surface area contributed by atoms with Crippen molar-refractivity contribution in [3.8, 4) is 5.69 Å². The van der Waals surface area contributed by atoms with Gasteiger partial charge in [0.25, 0.3) is 0 Å². The maximum absolute atomic E-state index is 13.2. The molecule has 0 spiro atoms. The summed E-state index contributed by atoms with van der Waals surface area (Å²) in [6.07, 6.45) is 0. The van der Waals surface area contributed by atoms with Gasteiger partial charge in [0.05, 0.1) is 16.8 Å². The first kappa shape index (κ1) is 11.3. The van der Waals surface area contributed by atoms with Crippen LogP contribution in [0.15, 0.2) is 42.5 Å². The van der Waals surface area contributed by atoms with Crippen molar-refractivity contribution in [1.82, 2.24) is 15.0 Å². The van der Waals surface area contributed by atoms with Crippen LogP contribution in [-0.2, 0) is 0 Å². The maximum atomic E-state index is 13.2. The molecule has 0 saturated carbocycles. The number of fused-ring (bicyclic) bond motifs is 1. The van der Waals surface area contributed by atoms with Gasteiger partial charge in [0, 0.05) is 0 Å². The summed E-state index contributed by atoms with van der Waals surface area (Å²) in [6, 6.07) is 10.3. The summed E-state index contributed by atoms with van der Waals surface area (Å²) in [5, 5.41) is 16.8. The van der Waals surface area contributed by atoms with Crippen LogP contribution < -0.4 is 0 Å². The van der Waals surface area contributed by atoms with E-state index in [1.165, 1.54) is 28.9 Å². The van der Waals surface area contributed by atoms with Gasteiger partial charge >= 0.3 is 5.97 Å². The number of nitrogens with zero attached hydrogens (tertiary/aromatic N) is 3. The Morgan fingerprint density at radius 2 is 2.05 bits per heavy atom. The van der Waals surface area contributed by atoms with E-state index < -0.39 is 11.8 Å². The Morgan fingerprint density at radius 1 is 1.21 bits per heavy atom. The maximum Gasteiger partial charge on any atom is 0.335 e. The number of carbonyl (C=O) groups is 1. The van der Waals surface area contributed by atoms with Gasteiger partial charge in [-0.2, -0.15) is 0 Å². The second-order valence-electron chi connectivity index (χ2n) is 3.99. The van der Waals surface area contributed by atoms with E-state index in [4.69, 9.17) is 5.11 Å². The van der Waals surface area contributed by atoms with Crippen LogP contribution in [0, 0.1) is 5.82 Å². The fourth-order valence-corrected chi connectivity index (χ4v) is 1.85. The molecule has 1 N–H and O–H groups in total. The third-order valence-corrected chi connectivity index (χ3v) is 2.75. The van der Waals surface area contributed by atoms with Crippen molar-refractivity contribution in [2.75, 3.05) is 0 Å². The van der Waals surface area contributed by atoms with Crippen molar-refractivity contribution in [3.63, 3.8) is 0 Å². The van der Waals surface area contributed by atoms with Crippen LogP contribution in [0.1, 0.15) is 10.4 Å². The molecule has 19 heavy (non-hydrogen) atoms. The average molecular weight is 257 g/mol. The number of hydrogen-bond acceptors (Lipinski definition) is 3. The number of halogens is 1. The summed E-state index contributed by atoms with van der Waals surface area (Å²) in [6.45, 7) is 0. The summed E-state index contributed by atoms with van der Waals surface area (Å²) < 4.78 is 14.6. The van der Waals surface area contributed by atoms with Crippen LogP contribution in [0.3, 0.4) is 0 Å². The highest BCUT2D eigenvalue weighted by Gasteiger charge is 2.10. The van der Waals surface area contributed by atoms with Crippen LogP contribution in [0.2, 0.25) is 0 Å². The van der Waals surface area contributed by atoms with Crippen molar-refractivity contribution in [1.29, 1.82) is 0 Å². The summed E-state index contributed by atoms with van der Waals surface area (Å²) >= 11 is 0. The monoisotopic (exact) mass is 257 g/mol. The van der Waals surface area contributed by atoms with E-state index in [0.717, 1.165) is 0 Å². The molecule has 5 nitrogen and oxygen atoms in total. The van der Waals surface area contributed by atoms with Gasteiger partial charge in [-0.15, -0.1) is 5.10 Å². The SMILES string of the molecule is O=C(O)c1ccc2nnn(-c3cccc(F)c3)c2c1. The number of aromatic carboxylic acids is 1. The summed E-state index contributed by atoms with van der Waals surface area (Å²) in [5.74, 6) is -1.43. The molecule has 0 amide bonds. The van der Waals surface area contributed by atoms with E-state index in [0.29, 0.717) is 16.7 Å². The second-order valence-corrected chi connectivity index (χ2v) is 3.99. The smallest absolute Gasteiger partial charge is 0.335 e. The van der Waals surface area contributed by atoms with Crippen LogP contribution in [-0.4, -0.2) is 26.1 Å². The molecule has 0 fully saturated rings. The lowest BCUT2D eigenvalue weighted by Crippen LogP contribution is -1.99. The first-order valence-corrected chi connectivity index (χ1v) is 5.50. The number of carboxylic acids is 1. The van der Waals surface area contributed by atoms with Crippen molar-refractivity contribution in [2.45, 2.75) is 0 Å². The molecule has 0 aliphatic rings. The van der Waals surface area contributed by atoms with Crippen LogP contribution in [0.25, 0.3) is 16.7 Å². The standard InChI is InChI=1S/C13H8FN3O2/c14-9-2-1-3-10(7-9)17-12-6-8(13(18)19)4-5-11(12)15-16-17/h1-7H,(H,18,19). The van der Waals surface area contributed by atoms with Gasteiger partial charge in [-0.1, -0.05) is 11.3 Å². The van der Waals surface area contributed by atoms with E-state index in [1.54, 1.807) is 18.2 Å². The second kappa shape index (κ2) is 4.16. The summed E-state index contributed by atoms with van der Waals surface area (Å²) in [4.78, 5) is 11.0. The molecular formula is C13H8FN3O2. The molecule has 94 valence electrons. The van der Waals surface area contributed by atoms with Gasteiger partial charge in [0.2, 0.25) is 0 Å². The van der Waals surface area contributed by atoms with Crippen molar-refractivity contribution in [2.24, 2.45) is 0 Å². The predicted molar refractivity (Wildman–Crippen MR) is 65.8 cm³/mol. The van der Waals surface area contributed by atoms with Crippen LogP contribution in [0.4, 0.5) is 4.39 Å². The lowest BCUT2D eigenvalue weighted by Gasteiger charge is -2.02. The largest absolute Gasteiger partial charge is 0.478 e. The highest BCUT2D eigenvalue weighted by atomic mass is 19.1. The zero-order valence-electron chi connectivity index (χ0n) is 9.62. The minimum absolute atomic E-state index is 0.132. The van der Waals surface area contributed by atoms with Crippen molar-refractivity contribution >= 4 is 17.0 Å². The summed E-state index contributed by atoms with van der Waals surface area (Å²) in [7, 11) is 0. The molecule has 3 aromatic rings. The zero-order chi connectivity index (χ0) is 13.4. The first-order valence-electron chi connectivity index (χ1n) is 5.50. The molecule has 0 bridgehead atoms. The fourth-order valence-electron chi connectivity index (χ4n) is 1.85. The molecular weight excluding hydrogens is 249 g/mol. The number of aromatic nitrogens is 3. The topological polar surface area (TPSA) is 68.0 Å². The lowest BCUT2D eigenvalue weighted by molar-refractivity contribution is 0.0697. The van der Waals surface area contributed by atoms with E-state index in [1.807, 2.05) is 0 Å². The Bertz CT molecular complexity index is 782. The van der Waals surface area contributed by atoms with Gasteiger partial charge in [0.15, 0.2) is 0 Å². The minimum Gasteiger partial charge on any atom is -0.478 e. The van der Waals surface area contributed by atoms with Gasteiger partial charge in [-0.3, -0.25) is 0 Å². The van der Waals surface area contributed by atoms with Gasteiger partial charge in [-0.25, -0.2) is 13.9 Å². The van der Waals surface area contributed by atoms with E-state index >= 15 is 0 Å². The highest BCUT2D eigenvalue weighted by Crippen LogP contribution is 2.18. The van der Waals surface area contributed by atoms with E-state index in [9.17, 15) is 9.18 Å². The Kier molecular flexibility index (Phi) is 2.49. The Balaban J connectivity index is 2.24. The van der Waals surface area contributed by atoms with Gasteiger partial charge < -0.3 is 5.11 Å². The lowest BCUT2D eigenvalue weighted by atomic mass is 10.2. The normalized spacial score (nSPS) is 10.8.